The lowest BCUT2D eigenvalue weighted by molar-refractivity contribution is 0.0706. The maximum Gasteiger partial charge on any atom is 0.272 e. The van der Waals surface area contributed by atoms with Crippen LogP contribution in [-0.2, 0) is 6.42 Å². The molecule has 1 amide bonds. The Morgan fingerprint density at radius 1 is 1.18 bits per heavy atom. The van der Waals surface area contributed by atoms with Crippen molar-refractivity contribution in [1.29, 1.82) is 0 Å². The highest BCUT2D eigenvalue weighted by molar-refractivity contribution is 5.92. The monoisotopic (exact) mass is 376 g/mol. The summed E-state index contributed by atoms with van der Waals surface area (Å²) in [6.45, 7) is 3.19. The molecule has 1 aromatic carbocycles. The zero-order valence-corrected chi connectivity index (χ0v) is 15.9. The summed E-state index contributed by atoms with van der Waals surface area (Å²) in [5, 5.41) is 7.68. The molecule has 2 aromatic heterocycles. The average Bonchev–Trinajstić information content (AvgIpc) is 3.16. The Bertz CT molecular complexity index is 940. The number of rotatable bonds is 4. The number of hydrogen-bond donors (Lipinski definition) is 2. The Labute approximate surface area is 164 Å². The molecule has 4 rings (SSSR count). The fourth-order valence-electron chi connectivity index (χ4n) is 3.74. The molecule has 1 saturated heterocycles. The van der Waals surface area contributed by atoms with Gasteiger partial charge in [0.05, 0.1) is 5.69 Å². The molecule has 0 radical (unpaired) electrons. The predicted octanol–water partition coefficient (Wildman–Crippen LogP) is 2.70. The fourth-order valence-corrected chi connectivity index (χ4v) is 3.74. The van der Waals surface area contributed by atoms with E-state index in [1.54, 1.807) is 6.07 Å². The van der Waals surface area contributed by atoms with E-state index in [2.05, 4.69) is 38.4 Å². The minimum atomic E-state index is -0.0811. The largest absolute Gasteiger partial charge is 0.368 e. The molecule has 7 nitrogen and oxygen atoms in total. The van der Waals surface area contributed by atoms with Crippen LogP contribution in [-0.4, -0.2) is 44.1 Å². The molecule has 3 heterocycles. The lowest BCUT2D eigenvalue weighted by atomic mass is 9.93. The van der Waals surface area contributed by atoms with E-state index in [0.29, 0.717) is 30.4 Å². The number of benzene rings is 1. The number of likely N-dealkylation sites (tertiary alicyclic amines) is 1. The highest BCUT2D eigenvalue weighted by Gasteiger charge is 2.27. The van der Waals surface area contributed by atoms with Crippen LogP contribution in [0.3, 0.4) is 0 Å². The van der Waals surface area contributed by atoms with E-state index in [4.69, 9.17) is 5.73 Å². The third-order valence-electron chi connectivity index (χ3n) is 5.18. The van der Waals surface area contributed by atoms with Crippen LogP contribution in [0.25, 0.3) is 0 Å². The number of anilines is 1. The maximum absolute atomic E-state index is 12.7. The number of aromatic amines is 1. The molecule has 3 aromatic rings. The summed E-state index contributed by atoms with van der Waals surface area (Å²) in [5.41, 5.74) is 10.2. The highest BCUT2D eigenvalue weighted by Crippen LogP contribution is 2.28. The number of nitrogens with zero attached hydrogens (tertiary/aromatic N) is 4. The Kier molecular flexibility index (Phi) is 5.06. The number of nitrogens with two attached hydrogens (primary N) is 1. The van der Waals surface area contributed by atoms with Crippen LogP contribution in [0, 0.1) is 6.92 Å². The summed E-state index contributed by atoms with van der Waals surface area (Å²) in [5.74, 6) is 0.421. The summed E-state index contributed by atoms with van der Waals surface area (Å²) >= 11 is 0. The highest BCUT2D eigenvalue weighted by atomic mass is 16.2. The molecule has 0 unspecified atom stereocenters. The normalized spacial score (nSPS) is 15.0. The standard InChI is InChI=1S/C21H24N6O/c1-14-11-19(24-21(22)23-14)20(28)27-9-7-16(8-10-27)18-13-17(25-26-18)12-15-5-3-2-4-6-15/h2-6,11,13,16H,7-10,12H2,1H3,(H,25,26)(H2,22,23,24). The molecular formula is C21H24N6O. The topological polar surface area (TPSA) is 101 Å². The lowest BCUT2D eigenvalue weighted by Crippen LogP contribution is -2.38. The van der Waals surface area contributed by atoms with Crippen molar-refractivity contribution >= 4 is 11.9 Å². The van der Waals surface area contributed by atoms with Gasteiger partial charge in [-0.2, -0.15) is 5.10 Å². The number of H-pyrrole nitrogens is 1. The zero-order chi connectivity index (χ0) is 19.5. The molecule has 1 fully saturated rings. The summed E-state index contributed by atoms with van der Waals surface area (Å²) in [6.07, 6.45) is 2.63. The Morgan fingerprint density at radius 3 is 2.64 bits per heavy atom. The number of carbonyl (C=O) groups is 1. The molecule has 144 valence electrons. The van der Waals surface area contributed by atoms with Crippen molar-refractivity contribution < 1.29 is 4.79 Å². The van der Waals surface area contributed by atoms with Crippen molar-refractivity contribution in [2.24, 2.45) is 0 Å². The number of aromatic nitrogens is 4. The average molecular weight is 376 g/mol. The molecule has 0 saturated carbocycles. The second kappa shape index (κ2) is 7.80. The third-order valence-corrected chi connectivity index (χ3v) is 5.18. The summed E-state index contributed by atoms with van der Waals surface area (Å²) in [6, 6.07) is 14.2. The summed E-state index contributed by atoms with van der Waals surface area (Å²) < 4.78 is 0. The van der Waals surface area contributed by atoms with Gasteiger partial charge in [-0.1, -0.05) is 30.3 Å². The first kappa shape index (κ1) is 18.2. The molecule has 1 aliphatic rings. The van der Waals surface area contributed by atoms with Crippen molar-refractivity contribution in [3.05, 3.63) is 70.8 Å². The summed E-state index contributed by atoms with van der Waals surface area (Å²) in [4.78, 5) is 22.7. The lowest BCUT2D eigenvalue weighted by Gasteiger charge is -2.31. The number of nitrogens with one attached hydrogen (secondary N) is 1. The van der Waals surface area contributed by atoms with E-state index >= 15 is 0 Å². The Balaban J connectivity index is 1.37. The van der Waals surface area contributed by atoms with Crippen LogP contribution in [0.4, 0.5) is 5.95 Å². The van der Waals surface area contributed by atoms with Gasteiger partial charge in [0.25, 0.3) is 5.91 Å². The van der Waals surface area contributed by atoms with E-state index in [0.717, 1.165) is 30.7 Å². The molecule has 28 heavy (non-hydrogen) atoms. The number of hydrogen-bond acceptors (Lipinski definition) is 5. The van der Waals surface area contributed by atoms with Gasteiger partial charge in [-0.05, 0) is 37.5 Å². The first-order chi connectivity index (χ1) is 13.6. The van der Waals surface area contributed by atoms with Crippen molar-refractivity contribution in [3.8, 4) is 0 Å². The number of nitrogen functional groups attached to an aromatic ring is 1. The van der Waals surface area contributed by atoms with Crippen molar-refractivity contribution in [2.75, 3.05) is 18.8 Å². The van der Waals surface area contributed by atoms with Crippen LogP contribution >= 0.6 is 0 Å². The van der Waals surface area contributed by atoms with E-state index in [1.807, 2.05) is 30.0 Å². The quantitative estimate of drug-likeness (QED) is 0.729. The SMILES string of the molecule is Cc1cc(C(=O)N2CCC(c3cc(Cc4ccccc4)[nH]n3)CC2)nc(N)n1. The first-order valence-electron chi connectivity index (χ1n) is 9.57. The number of aryl methyl sites for hydroxylation is 1. The van der Waals surface area contributed by atoms with Gasteiger partial charge in [0.15, 0.2) is 0 Å². The van der Waals surface area contributed by atoms with Crippen LogP contribution in [0.2, 0.25) is 0 Å². The van der Waals surface area contributed by atoms with Crippen LogP contribution < -0.4 is 5.73 Å². The number of piperidine rings is 1. The Hall–Kier alpha value is -3.22. The van der Waals surface area contributed by atoms with Gasteiger partial charge in [0.2, 0.25) is 5.95 Å². The van der Waals surface area contributed by atoms with Crippen LogP contribution in [0.5, 0.6) is 0 Å². The van der Waals surface area contributed by atoms with Crippen molar-refractivity contribution in [3.63, 3.8) is 0 Å². The van der Waals surface area contributed by atoms with Gasteiger partial charge in [0, 0.05) is 36.8 Å². The molecule has 0 aliphatic carbocycles. The summed E-state index contributed by atoms with van der Waals surface area (Å²) in [7, 11) is 0. The molecule has 1 aliphatic heterocycles. The number of carbonyl (C=O) groups excluding carboxylic acids is 1. The van der Waals surface area contributed by atoms with Crippen LogP contribution in [0.1, 0.15) is 51.9 Å². The van der Waals surface area contributed by atoms with Gasteiger partial charge in [-0.3, -0.25) is 9.89 Å². The molecule has 0 atom stereocenters. The minimum Gasteiger partial charge on any atom is -0.368 e. The zero-order valence-electron chi connectivity index (χ0n) is 15.9. The Morgan fingerprint density at radius 2 is 1.93 bits per heavy atom. The van der Waals surface area contributed by atoms with E-state index in [-0.39, 0.29) is 11.9 Å². The van der Waals surface area contributed by atoms with Crippen LogP contribution in [0.15, 0.2) is 42.5 Å². The van der Waals surface area contributed by atoms with Gasteiger partial charge < -0.3 is 10.6 Å². The first-order valence-corrected chi connectivity index (χ1v) is 9.57. The maximum atomic E-state index is 12.7. The molecule has 0 spiro atoms. The van der Waals surface area contributed by atoms with E-state index < -0.39 is 0 Å². The predicted molar refractivity (Wildman–Crippen MR) is 107 cm³/mol. The second-order valence-corrected chi connectivity index (χ2v) is 7.30. The molecule has 7 heteroatoms. The number of amides is 1. The molecule has 0 bridgehead atoms. The second-order valence-electron chi connectivity index (χ2n) is 7.30. The van der Waals surface area contributed by atoms with Crippen molar-refractivity contribution in [2.45, 2.75) is 32.1 Å². The van der Waals surface area contributed by atoms with Gasteiger partial charge in [0.1, 0.15) is 5.69 Å². The van der Waals surface area contributed by atoms with Gasteiger partial charge >= 0.3 is 0 Å². The fraction of sp³-hybridized carbons (Fsp3) is 0.333. The molecular weight excluding hydrogens is 352 g/mol. The minimum absolute atomic E-state index is 0.0811. The van der Waals surface area contributed by atoms with E-state index in [1.165, 1.54) is 5.56 Å². The van der Waals surface area contributed by atoms with Gasteiger partial charge in [-0.25, -0.2) is 9.97 Å². The van der Waals surface area contributed by atoms with Crippen molar-refractivity contribution in [1.82, 2.24) is 25.1 Å². The third kappa shape index (κ3) is 4.03. The van der Waals surface area contributed by atoms with Gasteiger partial charge in [-0.15, -0.1) is 0 Å². The smallest absolute Gasteiger partial charge is 0.272 e. The van der Waals surface area contributed by atoms with E-state index in [9.17, 15) is 4.79 Å². The molecule has 3 N–H and O–H groups in total.